The van der Waals surface area contributed by atoms with E-state index in [1.54, 1.807) is 11.8 Å². The number of carbonyl (C=O) groups is 2. The minimum absolute atomic E-state index is 0.107. The molecule has 0 aromatic heterocycles. The first-order valence-electron chi connectivity index (χ1n) is 5.41. The Bertz CT molecular complexity index is 280. The van der Waals surface area contributed by atoms with Crippen molar-refractivity contribution in [2.45, 2.75) is 25.8 Å². The van der Waals surface area contributed by atoms with Crippen molar-refractivity contribution in [3.05, 3.63) is 0 Å². The predicted octanol–water partition coefficient (Wildman–Crippen LogP) is 0.353. The SMILES string of the molecule is CCOC(=O)N1CC[C@@H]2NC(=O)C[C@H]2C1. The second kappa shape index (κ2) is 4.08. The van der Waals surface area contributed by atoms with Gasteiger partial charge in [0.2, 0.25) is 5.91 Å². The van der Waals surface area contributed by atoms with Crippen molar-refractivity contribution in [3.63, 3.8) is 0 Å². The standard InChI is InChI=1S/C10H16N2O3/c1-2-15-10(14)12-4-3-8-7(6-12)5-9(13)11-8/h7-8H,2-6H2,1H3,(H,11,13)/t7-,8-/m0/s1. The molecule has 0 saturated carbocycles. The van der Waals surface area contributed by atoms with Crippen LogP contribution in [0.25, 0.3) is 0 Å². The van der Waals surface area contributed by atoms with Crippen molar-refractivity contribution in [2.75, 3.05) is 19.7 Å². The fraction of sp³-hybridized carbons (Fsp3) is 0.800. The van der Waals surface area contributed by atoms with Crippen LogP contribution in [0.15, 0.2) is 0 Å². The molecule has 5 heteroatoms. The quantitative estimate of drug-likeness (QED) is 0.682. The van der Waals surface area contributed by atoms with E-state index in [9.17, 15) is 9.59 Å². The van der Waals surface area contributed by atoms with Crippen molar-refractivity contribution in [1.29, 1.82) is 0 Å². The lowest BCUT2D eigenvalue weighted by atomic mass is 9.94. The summed E-state index contributed by atoms with van der Waals surface area (Å²) in [7, 11) is 0. The number of carbonyl (C=O) groups excluding carboxylic acids is 2. The maximum absolute atomic E-state index is 11.5. The number of hydrogen-bond acceptors (Lipinski definition) is 3. The summed E-state index contributed by atoms with van der Waals surface area (Å²) in [5.41, 5.74) is 0. The van der Waals surface area contributed by atoms with Crippen LogP contribution in [-0.4, -0.2) is 42.6 Å². The van der Waals surface area contributed by atoms with E-state index < -0.39 is 0 Å². The van der Waals surface area contributed by atoms with Gasteiger partial charge >= 0.3 is 6.09 Å². The number of rotatable bonds is 1. The van der Waals surface area contributed by atoms with Crippen LogP contribution in [0.5, 0.6) is 0 Å². The van der Waals surface area contributed by atoms with E-state index in [2.05, 4.69) is 5.32 Å². The number of ether oxygens (including phenoxy) is 1. The van der Waals surface area contributed by atoms with E-state index in [-0.39, 0.29) is 24.0 Å². The Morgan fingerprint density at radius 2 is 2.47 bits per heavy atom. The first kappa shape index (κ1) is 10.3. The van der Waals surface area contributed by atoms with Gasteiger partial charge in [-0.3, -0.25) is 4.79 Å². The Balaban J connectivity index is 1.92. The molecule has 2 atom stereocenters. The monoisotopic (exact) mass is 212 g/mol. The number of hydrogen-bond donors (Lipinski definition) is 1. The predicted molar refractivity (Wildman–Crippen MR) is 53.2 cm³/mol. The molecule has 5 nitrogen and oxygen atoms in total. The minimum Gasteiger partial charge on any atom is -0.450 e. The third-order valence-electron chi connectivity index (χ3n) is 3.05. The summed E-state index contributed by atoms with van der Waals surface area (Å²) in [6.45, 7) is 3.52. The van der Waals surface area contributed by atoms with Gasteiger partial charge in [0, 0.05) is 31.5 Å². The molecule has 0 aliphatic carbocycles. The Labute approximate surface area is 88.8 Å². The molecule has 0 spiro atoms. The molecule has 2 fully saturated rings. The molecule has 2 heterocycles. The fourth-order valence-corrected chi connectivity index (χ4v) is 2.31. The summed E-state index contributed by atoms with van der Waals surface area (Å²) in [6.07, 6.45) is 1.13. The summed E-state index contributed by atoms with van der Waals surface area (Å²) in [4.78, 5) is 24.3. The van der Waals surface area contributed by atoms with Crippen LogP contribution < -0.4 is 5.32 Å². The van der Waals surface area contributed by atoms with Crippen LogP contribution in [0.2, 0.25) is 0 Å². The highest BCUT2D eigenvalue weighted by Gasteiger charge is 2.38. The molecule has 15 heavy (non-hydrogen) atoms. The number of nitrogens with zero attached hydrogens (tertiary/aromatic N) is 1. The molecule has 0 bridgehead atoms. The van der Waals surface area contributed by atoms with Crippen LogP contribution in [0.4, 0.5) is 4.79 Å². The number of fused-ring (bicyclic) bond motifs is 1. The van der Waals surface area contributed by atoms with Gasteiger partial charge in [0.25, 0.3) is 0 Å². The van der Waals surface area contributed by atoms with Gasteiger partial charge in [0.1, 0.15) is 0 Å². The van der Waals surface area contributed by atoms with Crippen molar-refractivity contribution in [3.8, 4) is 0 Å². The van der Waals surface area contributed by atoms with E-state index in [0.29, 0.717) is 26.1 Å². The average molecular weight is 212 g/mol. The minimum atomic E-state index is -0.254. The molecule has 0 aromatic carbocycles. The fourth-order valence-electron chi connectivity index (χ4n) is 2.31. The zero-order valence-corrected chi connectivity index (χ0v) is 8.86. The molecule has 2 aliphatic rings. The van der Waals surface area contributed by atoms with Gasteiger partial charge in [0.15, 0.2) is 0 Å². The molecule has 0 unspecified atom stereocenters. The average Bonchev–Trinajstić information content (AvgIpc) is 2.57. The Hall–Kier alpha value is -1.26. The van der Waals surface area contributed by atoms with Gasteiger partial charge in [-0.05, 0) is 13.3 Å². The number of piperidine rings is 1. The van der Waals surface area contributed by atoms with E-state index in [0.717, 1.165) is 6.42 Å². The topological polar surface area (TPSA) is 58.6 Å². The molecule has 2 aliphatic heterocycles. The normalized spacial score (nSPS) is 29.7. The summed E-state index contributed by atoms with van der Waals surface area (Å²) in [6, 6.07) is 0.267. The molecule has 2 saturated heterocycles. The van der Waals surface area contributed by atoms with Gasteiger partial charge < -0.3 is 15.0 Å². The van der Waals surface area contributed by atoms with Gasteiger partial charge in [-0.25, -0.2) is 4.79 Å². The molecule has 84 valence electrons. The van der Waals surface area contributed by atoms with Crippen LogP contribution in [0.1, 0.15) is 19.8 Å². The Kier molecular flexibility index (Phi) is 2.79. The summed E-state index contributed by atoms with van der Waals surface area (Å²) in [5.74, 6) is 0.381. The first-order valence-corrected chi connectivity index (χ1v) is 5.41. The smallest absolute Gasteiger partial charge is 0.409 e. The Morgan fingerprint density at radius 1 is 1.67 bits per heavy atom. The lowest BCUT2D eigenvalue weighted by molar-refractivity contribution is -0.119. The lowest BCUT2D eigenvalue weighted by Crippen LogP contribution is -2.47. The van der Waals surface area contributed by atoms with Crippen molar-refractivity contribution in [1.82, 2.24) is 10.2 Å². The number of amides is 2. The molecule has 0 aromatic rings. The van der Waals surface area contributed by atoms with Crippen molar-refractivity contribution >= 4 is 12.0 Å². The summed E-state index contributed by atoms with van der Waals surface area (Å²) < 4.78 is 4.94. The maximum Gasteiger partial charge on any atom is 0.409 e. The molecular weight excluding hydrogens is 196 g/mol. The highest BCUT2D eigenvalue weighted by atomic mass is 16.6. The molecule has 1 N–H and O–H groups in total. The molecule has 0 radical (unpaired) electrons. The largest absolute Gasteiger partial charge is 0.450 e. The maximum atomic E-state index is 11.5. The van der Waals surface area contributed by atoms with E-state index in [1.165, 1.54) is 0 Å². The molecule has 2 rings (SSSR count). The molecular formula is C10H16N2O3. The van der Waals surface area contributed by atoms with Crippen molar-refractivity contribution < 1.29 is 14.3 Å². The zero-order valence-electron chi connectivity index (χ0n) is 8.86. The number of nitrogens with one attached hydrogen (secondary N) is 1. The van der Waals surface area contributed by atoms with Gasteiger partial charge in [0.05, 0.1) is 6.61 Å². The van der Waals surface area contributed by atoms with E-state index in [4.69, 9.17) is 4.74 Å². The highest BCUT2D eigenvalue weighted by molar-refractivity contribution is 5.79. The zero-order chi connectivity index (χ0) is 10.8. The third-order valence-corrected chi connectivity index (χ3v) is 3.05. The Morgan fingerprint density at radius 3 is 3.20 bits per heavy atom. The van der Waals surface area contributed by atoms with Gasteiger partial charge in [-0.15, -0.1) is 0 Å². The van der Waals surface area contributed by atoms with Crippen LogP contribution in [0, 0.1) is 5.92 Å². The van der Waals surface area contributed by atoms with Gasteiger partial charge in [-0.2, -0.15) is 0 Å². The summed E-state index contributed by atoms with van der Waals surface area (Å²) >= 11 is 0. The highest BCUT2D eigenvalue weighted by Crippen LogP contribution is 2.25. The van der Waals surface area contributed by atoms with E-state index >= 15 is 0 Å². The van der Waals surface area contributed by atoms with Gasteiger partial charge in [-0.1, -0.05) is 0 Å². The summed E-state index contributed by atoms with van der Waals surface area (Å²) in [5, 5.41) is 2.93. The van der Waals surface area contributed by atoms with Crippen molar-refractivity contribution in [2.24, 2.45) is 5.92 Å². The van der Waals surface area contributed by atoms with Crippen LogP contribution in [-0.2, 0) is 9.53 Å². The third kappa shape index (κ3) is 2.06. The first-order chi connectivity index (χ1) is 7.20. The van der Waals surface area contributed by atoms with Crippen LogP contribution >= 0.6 is 0 Å². The van der Waals surface area contributed by atoms with Crippen LogP contribution in [0.3, 0.4) is 0 Å². The number of likely N-dealkylation sites (tertiary alicyclic amines) is 1. The second-order valence-electron chi connectivity index (χ2n) is 4.07. The second-order valence-corrected chi connectivity index (χ2v) is 4.07. The lowest BCUT2D eigenvalue weighted by Gasteiger charge is -2.33. The van der Waals surface area contributed by atoms with E-state index in [1.807, 2.05) is 0 Å². The molecule has 2 amide bonds.